The molecule has 2 atom stereocenters. The van der Waals surface area contributed by atoms with E-state index in [1.165, 1.54) is 19.5 Å². The molecule has 0 aromatic rings. The number of hydrogen-bond donors (Lipinski definition) is 1. The molecule has 2 aliphatic heterocycles. The van der Waals surface area contributed by atoms with Crippen molar-refractivity contribution in [2.45, 2.75) is 44.8 Å². The molecular formula is C9H18N2. The van der Waals surface area contributed by atoms with Crippen molar-refractivity contribution in [2.75, 3.05) is 13.1 Å². The Bertz CT molecular complexity index is 159. The van der Waals surface area contributed by atoms with E-state index in [-0.39, 0.29) is 0 Å². The molecule has 0 aromatic carbocycles. The van der Waals surface area contributed by atoms with E-state index in [1.807, 2.05) is 0 Å². The molecule has 11 heavy (non-hydrogen) atoms. The van der Waals surface area contributed by atoms with E-state index in [1.54, 1.807) is 0 Å². The van der Waals surface area contributed by atoms with Gasteiger partial charge in [-0.15, -0.1) is 0 Å². The minimum absolute atomic E-state index is 0.382. The van der Waals surface area contributed by atoms with E-state index in [4.69, 9.17) is 0 Å². The van der Waals surface area contributed by atoms with Gasteiger partial charge >= 0.3 is 0 Å². The molecule has 2 rings (SSSR count). The summed E-state index contributed by atoms with van der Waals surface area (Å²) in [4.78, 5) is 2.61. The van der Waals surface area contributed by atoms with Gasteiger partial charge < -0.3 is 5.32 Å². The smallest absolute Gasteiger partial charge is 0.0352 e. The van der Waals surface area contributed by atoms with Crippen LogP contribution in [0.3, 0.4) is 0 Å². The lowest BCUT2D eigenvalue weighted by Gasteiger charge is -2.51. The van der Waals surface area contributed by atoms with Crippen molar-refractivity contribution in [3.63, 3.8) is 0 Å². The van der Waals surface area contributed by atoms with Gasteiger partial charge in [0, 0.05) is 24.2 Å². The highest BCUT2D eigenvalue weighted by molar-refractivity contribution is 5.05. The van der Waals surface area contributed by atoms with Gasteiger partial charge in [-0.2, -0.15) is 0 Å². The van der Waals surface area contributed by atoms with Crippen LogP contribution in [0, 0.1) is 0 Å². The molecule has 0 aliphatic carbocycles. The minimum Gasteiger partial charge on any atom is -0.311 e. The van der Waals surface area contributed by atoms with Gasteiger partial charge in [0.15, 0.2) is 0 Å². The van der Waals surface area contributed by atoms with Gasteiger partial charge in [0.2, 0.25) is 0 Å². The summed E-state index contributed by atoms with van der Waals surface area (Å²) in [5.74, 6) is 0. The van der Waals surface area contributed by atoms with E-state index in [0.29, 0.717) is 5.54 Å². The fourth-order valence-electron chi connectivity index (χ4n) is 2.29. The maximum absolute atomic E-state index is 3.52. The molecule has 2 saturated heterocycles. The molecule has 0 aromatic heterocycles. The van der Waals surface area contributed by atoms with Crippen molar-refractivity contribution in [3.05, 3.63) is 0 Å². The Morgan fingerprint density at radius 2 is 2.09 bits per heavy atom. The fraction of sp³-hybridized carbons (Fsp3) is 1.00. The lowest BCUT2D eigenvalue weighted by atomic mass is 9.90. The zero-order valence-corrected chi connectivity index (χ0v) is 7.72. The lowest BCUT2D eigenvalue weighted by molar-refractivity contribution is -0.00946. The lowest BCUT2D eigenvalue weighted by Crippen LogP contribution is -2.66. The van der Waals surface area contributed by atoms with Crippen LogP contribution < -0.4 is 5.32 Å². The standard InChI is InChI=1S/C9H18N2/c1-9(2,3)11-6-7-8(11)4-5-10-7/h7-8,10H,4-6H2,1-3H3/t7-,8+/m0/s1. The molecule has 2 heterocycles. The molecule has 0 bridgehead atoms. The number of nitrogens with zero attached hydrogens (tertiary/aromatic N) is 1. The highest BCUT2D eigenvalue weighted by Crippen LogP contribution is 2.32. The van der Waals surface area contributed by atoms with Crippen LogP contribution in [0.25, 0.3) is 0 Å². The second-order valence-corrected chi connectivity index (χ2v) is 4.74. The van der Waals surface area contributed by atoms with Gasteiger partial charge in [-0.1, -0.05) is 0 Å². The molecule has 2 nitrogen and oxygen atoms in total. The van der Waals surface area contributed by atoms with Gasteiger partial charge in [-0.3, -0.25) is 4.90 Å². The molecule has 64 valence electrons. The minimum atomic E-state index is 0.382. The Labute approximate surface area is 69.0 Å². The summed E-state index contributed by atoms with van der Waals surface area (Å²) < 4.78 is 0. The van der Waals surface area contributed by atoms with Crippen LogP contribution in [0.4, 0.5) is 0 Å². The summed E-state index contributed by atoms with van der Waals surface area (Å²) in [6.45, 7) is 9.40. The van der Waals surface area contributed by atoms with Crippen LogP contribution in [-0.4, -0.2) is 35.6 Å². The first-order chi connectivity index (χ1) is 5.09. The maximum Gasteiger partial charge on any atom is 0.0352 e. The molecule has 0 saturated carbocycles. The van der Waals surface area contributed by atoms with Gasteiger partial charge in [0.25, 0.3) is 0 Å². The van der Waals surface area contributed by atoms with E-state index in [9.17, 15) is 0 Å². The van der Waals surface area contributed by atoms with E-state index in [0.717, 1.165) is 12.1 Å². The zero-order valence-electron chi connectivity index (χ0n) is 7.72. The van der Waals surface area contributed by atoms with Crippen LogP contribution in [0.1, 0.15) is 27.2 Å². The van der Waals surface area contributed by atoms with Gasteiger partial charge in [0.1, 0.15) is 0 Å². The Hall–Kier alpha value is -0.0800. The van der Waals surface area contributed by atoms with Gasteiger partial charge in [0.05, 0.1) is 0 Å². The summed E-state index contributed by atoms with van der Waals surface area (Å²) in [5, 5.41) is 3.52. The predicted octanol–water partition coefficient (Wildman–Crippen LogP) is 0.831. The summed E-state index contributed by atoms with van der Waals surface area (Å²) in [6.07, 6.45) is 1.35. The monoisotopic (exact) mass is 154 g/mol. The van der Waals surface area contributed by atoms with Crippen LogP contribution in [0.15, 0.2) is 0 Å². The summed E-state index contributed by atoms with van der Waals surface area (Å²) in [6, 6.07) is 1.66. The molecule has 0 unspecified atom stereocenters. The Morgan fingerprint density at radius 1 is 1.36 bits per heavy atom. The summed E-state index contributed by atoms with van der Waals surface area (Å²) >= 11 is 0. The quantitative estimate of drug-likeness (QED) is 0.556. The third-order valence-electron chi connectivity index (χ3n) is 2.97. The second kappa shape index (κ2) is 2.20. The van der Waals surface area contributed by atoms with Crippen molar-refractivity contribution < 1.29 is 0 Å². The predicted molar refractivity (Wildman–Crippen MR) is 46.7 cm³/mol. The summed E-state index contributed by atoms with van der Waals surface area (Å²) in [7, 11) is 0. The van der Waals surface area contributed by atoms with Crippen LogP contribution in [0.2, 0.25) is 0 Å². The second-order valence-electron chi connectivity index (χ2n) is 4.74. The van der Waals surface area contributed by atoms with Gasteiger partial charge in [-0.25, -0.2) is 0 Å². The molecule has 0 spiro atoms. The van der Waals surface area contributed by atoms with Crippen molar-refractivity contribution in [1.82, 2.24) is 10.2 Å². The normalized spacial score (nSPS) is 38.5. The topological polar surface area (TPSA) is 15.3 Å². The molecule has 0 amide bonds. The van der Waals surface area contributed by atoms with Crippen molar-refractivity contribution >= 4 is 0 Å². The van der Waals surface area contributed by atoms with Crippen molar-refractivity contribution in [2.24, 2.45) is 0 Å². The number of likely N-dealkylation sites (tertiary alicyclic amines) is 1. The first-order valence-electron chi connectivity index (χ1n) is 4.59. The van der Waals surface area contributed by atoms with Crippen molar-refractivity contribution in [3.8, 4) is 0 Å². The zero-order chi connectivity index (χ0) is 8.06. The highest BCUT2D eigenvalue weighted by atomic mass is 15.3. The number of fused-ring (bicyclic) bond motifs is 1. The Balaban J connectivity index is 2.00. The van der Waals surface area contributed by atoms with Crippen LogP contribution in [-0.2, 0) is 0 Å². The Morgan fingerprint density at radius 3 is 2.64 bits per heavy atom. The average molecular weight is 154 g/mol. The van der Waals surface area contributed by atoms with Gasteiger partial charge in [-0.05, 0) is 33.7 Å². The van der Waals surface area contributed by atoms with E-state index in [2.05, 4.69) is 31.0 Å². The number of rotatable bonds is 0. The van der Waals surface area contributed by atoms with Crippen molar-refractivity contribution in [1.29, 1.82) is 0 Å². The third-order valence-corrected chi connectivity index (χ3v) is 2.97. The van der Waals surface area contributed by atoms with E-state index < -0.39 is 0 Å². The molecule has 2 fully saturated rings. The largest absolute Gasteiger partial charge is 0.311 e. The third kappa shape index (κ3) is 1.09. The number of hydrogen-bond acceptors (Lipinski definition) is 2. The maximum atomic E-state index is 3.52. The SMILES string of the molecule is CC(C)(C)N1C[C@@H]2NCC[C@H]21. The first-order valence-corrected chi connectivity index (χ1v) is 4.59. The average Bonchev–Trinajstić information content (AvgIpc) is 2.08. The first kappa shape index (κ1) is 7.56. The number of nitrogens with one attached hydrogen (secondary N) is 1. The van der Waals surface area contributed by atoms with Crippen LogP contribution >= 0.6 is 0 Å². The molecule has 2 aliphatic rings. The Kier molecular flexibility index (Phi) is 1.52. The summed E-state index contributed by atoms with van der Waals surface area (Å²) in [5.41, 5.74) is 0.382. The fourth-order valence-corrected chi connectivity index (χ4v) is 2.29. The van der Waals surface area contributed by atoms with Crippen LogP contribution in [0.5, 0.6) is 0 Å². The molecule has 2 heteroatoms. The molecule has 0 radical (unpaired) electrons. The van der Waals surface area contributed by atoms with E-state index >= 15 is 0 Å². The highest BCUT2D eigenvalue weighted by Gasteiger charge is 2.46. The molecule has 1 N–H and O–H groups in total. The molecular weight excluding hydrogens is 136 g/mol.